The number of unbranched alkanes of at least 4 members (excludes halogenated alkanes) is 5. The molecule has 0 saturated heterocycles. The van der Waals surface area contributed by atoms with Crippen molar-refractivity contribution < 1.29 is 23.0 Å². The van der Waals surface area contributed by atoms with Crippen LogP contribution in [0.3, 0.4) is 0 Å². The molecular formula is C12H25F3O2. The Balaban J connectivity index is 0. The first-order chi connectivity index (χ1) is 7.97. The van der Waals surface area contributed by atoms with Crippen LogP contribution in [0.25, 0.3) is 0 Å². The molecule has 1 N–H and O–H groups in total. The third-order valence-corrected chi connectivity index (χ3v) is 2.03. The number of hydrogen-bond donors (Lipinski definition) is 1. The zero-order valence-electron chi connectivity index (χ0n) is 10.9. The van der Waals surface area contributed by atoms with Crippen LogP contribution >= 0.6 is 0 Å². The van der Waals surface area contributed by atoms with Crippen molar-refractivity contribution >= 4 is 0 Å². The third kappa shape index (κ3) is 25.7. The van der Waals surface area contributed by atoms with Crippen molar-refractivity contribution in [2.45, 2.75) is 65.2 Å². The minimum atomic E-state index is -4.50. The number of ether oxygens (including phenoxy) is 1. The highest BCUT2D eigenvalue weighted by Crippen LogP contribution is 2.16. The highest BCUT2D eigenvalue weighted by atomic mass is 19.4. The molecule has 0 aromatic carbocycles. The van der Waals surface area contributed by atoms with E-state index < -0.39 is 6.36 Å². The monoisotopic (exact) mass is 258 g/mol. The molecule has 0 aromatic heterocycles. The standard InChI is InChI=1S/C7H13F3O2.C5H12/c8-7(9,10)12-6-4-2-1-3-5-11;1-3-5-4-2/h11H,1-6H2;3-5H2,1-2H3. The lowest BCUT2D eigenvalue weighted by Crippen LogP contribution is -2.13. The second kappa shape index (κ2) is 13.8. The van der Waals surface area contributed by atoms with Crippen LogP contribution in [0.1, 0.15) is 58.8 Å². The van der Waals surface area contributed by atoms with Crippen molar-refractivity contribution in [3.8, 4) is 0 Å². The fraction of sp³-hybridized carbons (Fsp3) is 1.00. The molecule has 0 aliphatic carbocycles. The fourth-order valence-corrected chi connectivity index (χ4v) is 1.11. The van der Waals surface area contributed by atoms with Crippen LogP contribution < -0.4 is 0 Å². The normalized spacial score (nSPS) is 10.9. The molecule has 17 heavy (non-hydrogen) atoms. The summed E-state index contributed by atoms with van der Waals surface area (Å²) >= 11 is 0. The molecule has 0 radical (unpaired) electrons. The Bertz CT molecular complexity index is 136. The van der Waals surface area contributed by atoms with E-state index in [9.17, 15) is 13.2 Å². The van der Waals surface area contributed by atoms with E-state index in [0.29, 0.717) is 19.3 Å². The summed E-state index contributed by atoms with van der Waals surface area (Å²) in [6.07, 6.45) is 2.02. The summed E-state index contributed by atoms with van der Waals surface area (Å²) in [5.41, 5.74) is 0. The Morgan fingerprint density at radius 1 is 0.882 bits per heavy atom. The summed E-state index contributed by atoms with van der Waals surface area (Å²) in [5.74, 6) is 0. The van der Waals surface area contributed by atoms with Crippen LogP contribution in [0.4, 0.5) is 13.2 Å². The number of rotatable bonds is 8. The van der Waals surface area contributed by atoms with Gasteiger partial charge in [0.05, 0.1) is 6.61 Å². The van der Waals surface area contributed by atoms with E-state index in [0.717, 1.165) is 6.42 Å². The molecule has 0 saturated carbocycles. The molecule has 0 bridgehead atoms. The van der Waals surface area contributed by atoms with Crippen molar-refractivity contribution in [3.05, 3.63) is 0 Å². The summed E-state index contributed by atoms with van der Waals surface area (Å²) in [7, 11) is 0. The fourth-order valence-electron chi connectivity index (χ4n) is 1.11. The van der Waals surface area contributed by atoms with Gasteiger partial charge in [-0.05, 0) is 12.8 Å². The van der Waals surface area contributed by atoms with E-state index >= 15 is 0 Å². The van der Waals surface area contributed by atoms with Gasteiger partial charge in [0, 0.05) is 6.61 Å². The lowest BCUT2D eigenvalue weighted by atomic mass is 10.2. The number of alkyl halides is 3. The summed E-state index contributed by atoms with van der Waals surface area (Å²) in [6, 6.07) is 0. The highest BCUT2D eigenvalue weighted by Gasteiger charge is 2.28. The van der Waals surface area contributed by atoms with Crippen molar-refractivity contribution in [1.82, 2.24) is 0 Å². The number of hydrogen-bond acceptors (Lipinski definition) is 2. The lowest BCUT2D eigenvalue weighted by molar-refractivity contribution is -0.324. The van der Waals surface area contributed by atoms with E-state index in [1.54, 1.807) is 0 Å². The first-order valence-electron chi connectivity index (χ1n) is 6.29. The molecule has 0 unspecified atom stereocenters. The van der Waals surface area contributed by atoms with Crippen molar-refractivity contribution in [3.63, 3.8) is 0 Å². The number of halogens is 3. The van der Waals surface area contributed by atoms with Crippen molar-refractivity contribution in [2.24, 2.45) is 0 Å². The average molecular weight is 258 g/mol. The number of aliphatic hydroxyl groups is 1. The molecule has 106 valence electrons. The highest BCUT2D eigenvalue weighted by molar-refractivity contribution is 4.41. The predicted molar refractivity (Wildman–Crippen MR) is 62.8 cm³/mol. The first-order valence-corrected chi connectivity index (χ1v) is 6.29. The molecule has 0 fully saturated rings. The van der Waals surface area contributed by atoms with Crippen molar-refractivity contribution in [1.29, 1.82) is 0 Å². The Morgan fingerprint density at radius 2 is 1.41 bits per heavy atom. The van der Waals surface area contributed by atoms with Crippen LogP contribution in [-0.2, 0) is 4.74 Å². The summed E-state index contributed by atoms with van der Waals surface area (Å²) in [6.45, 7) is 4.24. The second-order valence-corrected chi connectivity index (χ2v) is 3.79. The van der Waals surface area contributed by atoms with Gasteiger partial charge in [-0.15, -0.1) is 13.2 Å². The Hall–Kier alpha value is -0.290. The number of aliphatic hydroxyl groups excluding tert-OH is 1. The first kappa shape index (κ1) is 19.1. The molecular weight excluding hydrogens is 233 g/mol. The van der Waals surface area contributed by atoms with Crippen LogP contribution in [0.5, 0.6) is 0 Å². The Morgan fingerprint density at radius 3 is 1.76 bits per heavy atom. The summed E-state index contributed by atoms with van der Waals surface area (Å²) in [4.78, 5) is 0. The molecule has 5 heteroatoms. The maximum Gasteiger partial charge on any atom is 0.522 e. The predicted octanol–water partition coefficient (Wildman–Crippen LogP) is 4.27. The van der Waals surface area contributed by atoms with E-state index in [2.05, 4.69) is 18.6 Å². The topological polar surface area (TPSA) is 29.5 Å². The molecule has 0 amide bonds. The van der Waals surface area contributed by atoms with Gasteiger partial charge in [-0.2, -0.15) is 0 Å². The maximum absolute atomic E-state index is 11.4. The van der Waals surface area contributed by atoms with Gasteiger partial charge in [0.25, 0.3) is 0 Å². The van der Waals surface area contributed by atoms with Gasteiger partial charge in [0.15, 0.2) is 0 Å². The van der Waals surface area contributed by atoms with Gasteiger partial charge in [-0.25, -0.2) is 0 Å². The van der Waals surface area contributed by atoms with Crippen molar-refractivity contribution in [2.75, 3.05) is 13.2 Å². The molecule has 0 aliphatic heterocycles. The van der Waals surface area contributed by atoms with Crippen LogP contribution in [-0.4, -0.2) is 24.7 Å². The zero-order chi connectivity index (χ0) is 13.6. The lowest BCUT2D eigenvalue weighted by Gasteiger charge is -2.06. The van der Waals surface area contributed by atoms with Gasteiger partial charge in [-0.1, -0.05) is 46.0 Å². The van der Waals surface area contributed by atoms with Crippen LogP contribution in [0.15, 0.2) is 0 Å². The molecule has 0 atom stereocenters. The third-order valence-electron chi connectivity index (χ3n) is 2.03. The van der Waals surface area contributed by atoms with E-state index in [1.807, 2.05) is 0 Å². The minimum absolute atomic E-state index is 0.0973. The quantitative estimate of drug-likeness (QED) is 0.659. The van der Waals surface area contributed by atoms with E-state index in [1.165, 1.54) is 19.3 Å². The van der Waals surface area contributed by atoms with E-state index in [-0.39, 0.29) is 13.2 Å². The van der Waals surface area contributed by atoms with Gasteiger partial charge >= 0.3 is 6.36 Å². The Kier molecular flexibility index (Phi) is 15.4. The smallest absolute Gasteiger partial charge is 0.396 e. The van der Waals surface area contributed by atoms with Gasteiger partial charge < -0.3 is 5.11 Å². The Labute approximate surface area is 102 Å². The molecule has 2 nitrogen and oxygen atoms in total. The van der Waals surface area contributed by atoms with Gasteiger partial charge in [0.1, 0.15) is 0 Å². The average Bonchev–Trinajstić information content (AvgIpc) is 2.24. The largest absolute Gasteiger partial charge is 0.522 e. The molecule has 0 heterocycles. The second-order valence-electron chi connectivity index (χ2n) is 3.79. The SMILES string of the molecule is CCCCC.OCCCCCCOC(F)(F)F. The van der Waals surface area contributed by atoms with E-state index in [4.69, 9.17) is 5.11 Å². The molecule has 0 aromatic rings. The minimum Gasteiger partial charge on any atom is -0.396 e. The zero-order valence-corrected chi connectivity index (χ0v) is 10.9. The molecule has 0 spiro atoms. The molecule has 0 aliphatic rings. The maximum atomic E-state index is 11.4. The summed E-state index contributed by atoms with van der Waals surface area (Å²) < 4.78 is 37.7. The summed E-state index contributed by atoms with van der Waals surface area (Å²) in [5, 5.41) is 8.34. The van der Waals surface area contributed by atoms with Crippen LogP contribution in [0, 0.1) is 0 Å². The molecule has 0 rings (SSSR count). The van der Waals surface area contributed by atoms with Gasteiger partial charge in [-0.3, -0.25) is 4.74 Å². The van der Waals surface area contributed by atoms with Gasteiger partial charge in [0.2, 0.25) is 0 Å². The van der Waals surface area contributed by atoms with Crippen LogP contribution in [0.2, 0.25) is 0 Å².